The van der Waals surface area contributed by atoms with Crippen molar-refractivity contribution >= 4 is 70.3 Å². The molecule has 0 aliphatic carbocycles. The average Bonchev–Trinajstić information content (AvgIpc) is 3.78. The zero-order chi connectivity index (χ0) is 49.6. The Kier molecular flexibility index (Phi) is 22.3. The summed E-state index contributed by atoms with van der Waals surface area (Å²) in [6.07, 6.45) is 1.92. The van der Waals surface area contributed by atoms with Gasteiger partial charge in [-0.3, -0.25) is 0 Å². The maximum Gasteiger partial charge on any atom is 0 e. The van der Waals surface area contributed by atoms with Crippen LogP contribution in [0.25, 0.3) is 22.2 Å². The van der Waals surface area contributed by atoms with Gasteiger partial charge in [-0.1, -0.05) is 212 Å². The number of aryl methyl sites for hydroxylation is 1. The Labute approximate surface area is 429 Å². The van der Waals surface area contributed by atoms with Gasteiger partial charge in [0, 0.05) is 50.1 Å². The van der Waals surface area contributed by atoms with Crippen molar-refractivity contribution in [1.82, 2.24) is 9.55 Å². The molecule has 0 N–H and O–H groups in total. The van der Waals surface area contributed by atoms with Gasteiger partial charge in [-0.2, -0.15) is 0 Å². The molecule has 0 spiro atoms. The molecule has 10 aromatic rings. The van der Waals surface area contributed by atoms with Crippen LogP contribution in [-0.2, 0) is 31.5 Å². The largest absolute Gasteiger partial charge is 0.222 e. The second kappa shape index (κ2) is 28.7. The predicted molar refractivity (Wildman–Crippen MR) is 270 cm³/mol. The molecule has 2 heterocycles. The number of hydrogen-bond donors (Lipinski definition) is 0. The van der Waals surface area contributed by atoms with Crippen LogP contribution in [0, 0.1) is 16.9 Å². The summed E-state index contributed by atoms with van der Waals surface area (Å²) in [7, 11) is -3.96. The molecule has 2 aromatic heterocycles. The molecule has 0 saturated carbocycles. The molecular weight excluding hydrogens is 1130 g/mol. The summed E-state index contributed by atoms with van der Waals surface area (Å²) < 4.78 is 48.4. The van der Waals surface area contributed by atoms with Gasteiger partial charge in [-0.15, -0.1) is 20.5 Å². The van der Waals surface area contributed by atoms with Gasteiger partial charge in [0.15, 0.2) is 0 Å². The van der Waals surface area contributed by atoms with E-state index < -0.39 is 26.1 Å². The molecule has 71 heavy (non-hydrogen) atoms. The maximum absolute atomic E-state index is 11.2. The Hall–Kier alpha value is -6.85. The van der Waals surface area contributed by atoms with Gasteiger partial charge in [0.1, 0.15) is 5.58 Å². The minimum atomic E-state index is -4.94. The van der Waals surface area contributed by atoms with Gasteiger partial charge < -0.3 is 8.98 Å². The summed E-state index contributed by atoms with van der Waals surface area (Å²) in [4.78, 5) is 15.7. The number of azo groups is 1. The van der Waals surface area contributed by atoms with E-state index in [2.05, 4.69) is 204 Å². The Morgan fingerprint density at radius 2 is 0.845 bits per heavy atom. The summed E-state index contributed by atoms with van der Waals surface area (Å²) in [6, 6.07) is 82.9. The first kappa shape index (κ1) is 55.1. The zero-order valence-corrected chi connectivity index (χ0v) is 43.0. The number of fused-ring (bicyclic) bond motifs is 1. The summed E-state index contributed by atoms with van der Waals surface area (Å²) in [5.41, 5.74) is 2.68. The van der Waals surface area contributed by atoms with Gasteiger partial charge in [-0.25, -0.2) is 28.4 Å². The third-order valence-electron chi connectivity index (χ3n) is 9.87. The molecule has 0 amide bonds. The molecule has 356 valence electrons. The summed E-state index contributed by atoms with van der Waals surface area (Å²) in [6.45, 7) is 4.50. The van der Waals surface area contributed by atoms with Gasteiger partial charge in [0.2, 0.25) is 5.95 Å². The molecular formula is C56H44ClN4O7OsP2-. The molecule has 0 aliphatic rings. The molecule has 10 rings (SSSR count). The topological polar surface area (TPSA) is 185 Å². The number of rotatable bonds is 9. The standard InChI is InChI=1S/C19H14N4O2.2C18H15P.CO.ClHO4.Os/c1-23-12-16(13-5-3-2-4-6-13)20-19(23)22-21-15-8-9-17-14(11-15)7-10-18(24)25-17;2*1-4-10-16(11-5-1)19(17-12-6-2-7-13-17)18-14-8-3-9-15-18;1-2;2-1(3,4)5;/h2-12H,1H3;2*1-15H;;(H,2,3,4,5);/p-1. The van der Waals surface area contributed by atoms with Crippen LogP contribution in [-0.4, -0.2) is 9.55 Å². The first-order valence-electron chi connectivity index (χ1n) is 21.4. The van der Waals surface area contributed by atoms with Crippen LogP contribution in [0.15, 0.2) is 268 Å². The first-order chi connectivity index (χ1) is 34.1. The van der Waals surface area contributed by atoms with Crippen LogP contribution in [0.2, 0.25) is 0 Å². The number of imidazole rings is 1. The van der Waals surface area contributed by atoms with E-state index >= 15 is 0 Å². The van der Waals surface area contributed by atoms with Crippen molar-refractivity contribution in [2.24, 2.45) is 17.3 Å². The molecule has 0 saturated heterocycles. The Bertz CT molecular complexity index is 2900. The molecule has 0 aliphatic heterocycles. The summed E-state index contributed by atoms with van der Waals surface area (Å²) >= 11 is 0. The fraction of sp³-hybridized carbons (Fsp3) is 0.0179. The second-order valence-corrected chi connectivity index (χ2v) is 19.8. The monoisotopic (exact) mass is 1170 g/mol. The predicted octanol–water partition coefficient (Wildman–Crippen LogP) is 6.70. The SMILES string of the molecule is Cn1cc(-c2ccccc2)nc1N=Nc1ccc2oc(=O)ccc2c1.[C-]#[O+].[O-][Cl+3]([O-])([O-])[O-].[Os].c1ccc(P(c2ccccc2)c2ccccc2)cc1.c1ccc(P(c2ccccc2)c2ccccc2)cc1. The van der Waals surface area contributed by atoms with Crippen LogP contribution in [0.3, 0.4) is 0 Å². The third kappa shape index (κ3) is 17.5. The molecule has 0 radical (unpaired) electrons. The van der Waals surface area contributed by atoms with Gasteiger partial charge in [-0.05, 0) is 71.9 Å². The molecule has 0 bridgehead atoms. The van der Waals surface area contributed by atoms with E-state index in [1.54, 1.807) is 18.2 Å². The van der Waals surface area contributed by atoms with Crippen molar-refractivity contribution in [3.8, 4) is 11.3 Å². The minimum Gasteiger partial charge on any atom is -0.222 e. The van der Waals surface area contributed by atoms with E-state index in [9.17, 15) is 4.79 Å². The summed E-state index contributed by atoms with van der Waals surface area (Å²) in [5, 5.41) is 17.7. The third-order valence-corrected chi connectivity index (χ3v) is 14.8. The van der Waals surface area contributed by atoms with Crippen LogP contribution < -0.4 is 56.1 Å². The van der Waals surface area contributed by atoms with Crippen molar-refractivity contribution in [3.05, 3.63) is 266 Å². The summed E-state index contributed by atoms with van der Waals surface area (Å²) in [5.74, 6) is 0.513. The average molecular weight is 1170 g/mol. The van der Waals surface area contributed by atoms with Crippen LogP contribution in [0.5, 0.6) is 0 Å². The quantitative estimate of drug-likeness (QED) is 0.0506. The Morgan fingerprint density at radius 3 is 1.20 bits per heavy atom. The smallest absolute Gasteiger partial charge is 0 e. The van der Waals surface area contributed by atoms with Crippen molar-refractivity contribution < 1.29 is 57.7 Å². The minimum absolute atomic E-state index is 0. The Morgan fingerprint density at radius 1 is 0.507 bits per heavy atom. The van der Waals surface area contributed by atoms with Gasteiger partial charge in [0.25, 0.3) is 0 Å². The van der Waals surface area contributed by atoms with Gasteiger partial charge >= 0.3 is 16.9 Å². The van der Waals surface area contributed by atoms with E-state index in [0.29, 0.717) is 17.2 Å². The first-order valence-corrected chi connectivity index (χ1v) is 25.3. The van der Waals surface area contributed by atoms with Crippen molar-refractivity contribution in [1.29, 1.82) is 0 Å². The van der Waals surface area contributed by atoms with E-state index in [1.807, 2.05) is 54.2 Å². The molecule has 15 heteroatoms. The molecule has 11 nitrogen and oxygen atoms in total. The number of hydrogen-bond acceptors (Lipinski definition) is 9. The van der Waals surface area contributed by atoms with E-state index in [-0.39, 0.29) is 25.4 Å². The molecule has 0 unspecified atom stereocenters. The molecule has 8 aromatic carbocycles. The van der Waals surface area contributed by atoms with Crippen LogP contribution >= 0.6 is 15.8 Å². The zero-order valence-electron chi connectivity index (χ0n) is 37.9. The maximum atomic E-state index is 11.2. The normalized spacial score (nSPS) is 10.5. The molecule has 0 atom stereocenters. The molecule has 0 fully saturated rings. The number of halogens is 1. The number of aromatic nitrogens is 2. The van der Waals surface area contributed by atoms with Crippen molar-refractivity contribution in [2.45, 2.75) is 0 Å². The van der Waals surface area contributed by atoms with E-state index in [4.69, 9.17) is 27.7 Å². The van der Waals surface area contributed by atoms with E-state index in [1.165, 1.54) is 37.9 Å². The number of benzene rings is 8. The second-order valence-electron chi connectivity index (χ2n) is 14.6. The van der Waals surface area contributed by atoms with Crippen LogP contribution in [0.1, 0.15) is 0 Å². The van der Waals surface area contributed by atoms with Crippen molar-refractivity contribution in [3.63, 3.8) is 0 Å². The fourth-order valence-electron chi connectivity index (χ4n) is 6.88. The number of nitrogens with zero attached hydrogens (tertiary/aromatic N) is 4. The van der Waals surface area contributed by atoms with Crippen molar-refractivity contribution in [2.75, 3.05) is 0 Å². The Balaban J connectivity index is 0.000000186. The van der Waals surface area contributed by atoms with Crippen LogP contribution in [0.4, 0.5) is 11.6 Å². The van der Waals surface area contributed by atoms with Gasteiger partial charge in [0.05, 0.1) is 11.4 Å². The fourth-order valence-corrected chi connectivity index (χ4v) is 11.5. The van der Waals surface area contributed by atoms with E-state index in [0.717, 1.165) is 16.6 Å².